The predicted octanol–water partition coefficient (Wildman–Crippen LogP) is 4.34. The van der Waals surface area contributed by atoms with Crippen molar-refractivity contribution in [2.24, 2.45) is 0 Å². The summed E-state index contributed by atoms with van der Waals surface area (Å²) in [5.74, 6) is 0.809. The number of ether oxygens (including phenoxy) is 1. The van der Waals surface area contributed by atoms with Gasteiger partial charge in [0.05, 0.1) is 0 Å². The second-order valence-corrected chi connectivity index (χ2v) is 4.64. The van der Waals surface area contributed by atoms with Crippen molar-refractivity contribution in [1.82, 2.24) is 0 Å². The molecule has 0 saturated carbocycles. The molecule has 0 N–H and O–H groups in total. The van der Waals surface area contributed by atoms with Crippen molar-refractivity contribution in [1.29, 1.82) is 0 Å². The van der Waals surface area contributed by atoms with Crippen molar-refractivity contribution in [2.75, 3.05) is 6.61 Å². The zero-order valence-electron chi connectivity index (χ0n) is 11.2. The van der Waals surface area contributed by atoms with Crippen LogP contribution in [-0.4, -0.2) is 6.61 Å². The van der Waals surface area contributed by atoms with Gasteiger partial charge in [-0.25, -0.2) is 0 Å². The van der Waals surface area contributed by atoms with E-state index in [1.807, 2.05) is 12.1 Å². The van der Waals surface area contributed by atoms with Crippen LogP contribution < -0.4 is 4.74 Å². The van der Waals surface area contributed by atoms with Crippen LogP contribution in [0.15, 0.2) is 41.5 Å². The molecule has 0 aliphatic carbocycles. The van der Waals surface area contributed by atoms with Crippen LogP contribution in [0, 0.1) is 6.07 Å². The quantitative estimate of drug-likeness (QED) is 0.682. The van der Waals surface area contributed by atoms with E-state index in [0.717, 1.165) is 12.2 Å². The van der Waals surface area contributed by atoms with Crippen molar-refractivity contribution >= 4 is 0 Å². The molecule has 0 aliphatic rings. The summed E-state index contributed by atoms with van der Waals surface area (Å²) in [7, 11) is 0. The molecule has 0 saturated heterocycles. The second-order valence-electron chi connectivity index (χ2n) is 4.64. The zero-order chi connectivity index (χ0) is 12.7. The van der Waals surface area contributed by atoms with Gasteiger partial charge in [0.2, 0.25) is 0 Å². The molecule has 1 heteroatoms. The smallest absolute Gasteiger partial charge is 0.127 e. The average molecular weight is 229 g/mol. The first-order chi connectivity index (χ1) is 8.08. The first kappa shape index (κ1) is 13.6. The lowest BCUT2D eigenvalue weighted by Crippen LogP contribution is -1.94. The number of allylic oxidation sites excluding steroid dienone is 3. The molecule has 0 amide bonds. The summed E-state index contributed by atoms with van der Waals surface area (Å²) in [5, 5.41) is 0. The van der Waals surface area contributed by atoms with E-state index in [9.17, 15) is 0 Å². The van der Waals surface area contributed by atoms with Gasteiger partial charge in [-0.3, -0.25) is 0 Å². The fourth-order valence-electron chi connectivity index (χ4n) is 1.28. The lowest BCUT2D eigenvalue weighted by molar-refractivity contribution is 0.361. The van der Waals surface area contributed by atoms with Gasteiger partial charge >= 0.3 is 0 Å². The molecule has 1 aromatic carbocycles. The maximum absolute atomic E-state index is 5.55. The minimum absolute atomic E-state index is 0.617. The highest BCUT2D eigenvalue weighted by Crippen LogP contribution is 2.12. The van der Waals surface area contributed by atoms with Crippen molar-refractivity contribution in [3.8, 4) is 5.75 Å². The Morgan fingerprint density at radius 2 is 1.82 bits per heavy atom. The average Bonchev–Trinajstić information content (AvgIpc) is 2.27. The molecule has 0 fully saturated rings. The lowest BCUT2D eigenvalue weighted by Gasteiger charge is -2.04. The fraction of sp³-hybridized carbons (Fsp3) is 0.375. The van der Waals surface area contributed by atoms with E-state index in [0.29, 0.717) is 6.61 Å². The summed E-state index contributed by atoms with van der Waals surface area (Å²) in [5.41, 5.74) is 3.87. The van der Waals surface area contributed by atoms with Gasteiger partial charge in [0.25, 0.3) is 0 Å². The van der Waals surface area contributed by atoms with Gasteiger partial charge in [-0.05, 0) is 57.9 Å². The zero-order valence-corrected chi connectivity index (χ0v) is 11.2. The third-order valence-corrected chi connectivity index (χ3v) is 2.33. The molecule has 1 radical (unpaired) electrons. The molecule has 0 unspecified atom stereocenters. The van der Waals surface area contributed by atoms with Gasteiger partial charge in [-0.15, -0.1) is 0 Å². The number of benzene rings is 1. The number of hydrogen-bond acceptors (Lipinski definition) is 1. The van der Waals surface area contributed by atoms with Crippen molar-refractivity contribution in [2.45, 2.75) is 34.1 Å². The van der Waals surface area contributed by atoms with Crippen molar-refractivity contribution < 1.29 is 4.74 Å². The molecule has 17 heavy (non-hydrogen) atoms. The summed E-state index contributed by atoms with van der Waals surface area (Å²) < 4.78 is 5.55. The Hall–Kier alpha value is -1.50. The molecule has 0 aromatic heterocycles. The van der Waals surface area contributed by atoms with Gasteiger partial charge in [-0.2, -0.15) is 0 Å². The third-order valence-electron chi connectivity index (χ3n) is 2.33. The second kappa shape index (κ2) is 6.95. The Balaban J connectivity index is 2.50. The van der Waals surface area contributed by atoms with Crippen molar-refractivity contribution in [3.05, 3.63) is 53.1 Å². The van der Waals surface area contributed by atoms with Gasteiger partial charge < -0.3 is 4.74 Å². The normalized spacial score (nSPS) is 9.65. The molecule has 1 aromatic rings. The molecular weight excluding hydrogens is 208 g/mol. The van der Waals surface area contributed by atoms with Crippen LogP contribution in [0.4, 0.5) is 0 Å². The van der Waals surface area contributed by atoms with Crippen LogP contribution in [0.1, 0.15) is 33.3 Å². The largest absolute Gasteiger partial charge is 0.489 e. The maximum atomic E-state index is 5.55. The molecule has 0 spiro atoms. The van der Waals surface area contributed by atoms with Gasteiger partial charge in [0.15, 0.2) is 0 Å². The van der Waals surface area contributed by atoms with Crippen LogP contribution in [0.5, 0.6) is 5.75 Å². The fourth-order valence-corrected chi connectivity index (χ4v) is 1.28. The van der Waals surface area contributed by atoms with E-state index in [1.165, 1.54) is 16.7 Å². The topological polar surface area (TPSA) is 9.23 Å². The van der Waals surface area contributed by atoms with Crippen LogP contribution in [0.3, 0.4) is 0 Å². The van der Waals surface area contributed by atoms with Crippen LogP contribution in [0.2, 0.25) is 0 Å². The van der Waals surface area contributed by atoms with Crippen LogP contribution >= 0.6 is 0 Å². The van der Waals surface area contributed by atoms with Crippen LogP contribution in [-0.2, 0) is 6.42 Å². The maximum Gasteiger partial charge on any atom is 0.127 e. The number of hydrogen-bond donors (Lipinski definition) is 0. The Bertz CT molecular complexity index is 388. The third kappa shape index (κ3) is 5.96. The molecule has 1 nitrogen and oxygen atoms in total. The summed E-state index contributed by atoms with van der Waals surface area (Å²) in [6.07, 6.45) is 5.24. The summed E-state index contributed by atoms with van der Waals surface area (Å²) in [6, 6.07) is 9.22. The summed E-state index contributed by atoms with van der Waals surface area (Å²) >= 11 is 0. The minimum atomic E-state index is 0.617. The molecular formula is C16H21O. The first-order valence-corrected chi connectivity index (χ1v) is 5.98. The van der Waals surface area contributed by atoms with Gasteiger partial charge in [-0.1, -0.05) is 23.3 Å². The molecule has 0 bridgehead atoms. The Kier molecular flexibility index (Phi) is 5.55. The highest BCUT2D eigenvalue weighted by molar-refractivity contribution is 5.27. The van der Waals surface area contributed by atoms with E-state index < -0.39 is 0 Å². The molecule has 0 atom stereocenters. The molecule has 1 rings (SSSR count). The minimum Gasteiger partial charge on any atom is -0.489 e. The molecule has 91 valence electrons. The monoisotopic (exact) mass is 229 g/mol. The standard InChI is InChI=1S/C16H21O/c1-13(2)5-6-15-7-9-16(10-8-15)17-12-11-14(3)4/h5,7-9,11H,6,12H2,1-4H3. The lowest BCUT2D eigenvalue weighted by atomic mass is 10.1. The number of rotatable bonds is 5. The Labute approximate surface area is 105 Å². The van der Waals surface area contributed by atoms with E-state index in [2.05, 4.69) is 52.0 Å². The predicted molar refractivity (Wildman–Crippen MR) is 73.3 cm³/mol. The highest BCUT2D eigenvalue weighted by Gasteiger charge is 1.94. The van der Waals surface area contributed by atoms with Gasteiger partial charge in [0, 0.05) is 6.07 Å². The van der Waals surface area contributed by atoms with E-state index in [4.69, 9.17) is 4.74 Å². The highest BCUT2D eigenvalue weighted by atomic mass is 16.5. The van der Waals surface area contributed by atoms with E-state index >= 15 is 0 Å². The molecule has 0 heterocycles. The first-order valence-electron chi connectivity index (χ1n) is 5.98. The van der Waals surface area contributed by atoms with E-state index in [1.54, 1.807) is 0 Å². The van der Waals surface area contributed by atoms with Crippen molar-refractivity contribution in [3.63, 3.8) is 0 Å². The Morgan fingerprint density at radius 3 is 2.35 bits per heavy atom. The summed E-state index contributed by atoms with van der Waals surface area (Å²) in [4.78, 5) is 0. The SMILES string of the molecule is CC(C)=CCOc1[c]cc(CC=C(C)C)cc1. The van der Waals surface area contributed by atoms with Gasteiger partial charge in [0.1, 0.15) is 12.4 Å². The molecule has 0 aliphatic heterocycles. The Morgan fingerprint density at radius 1 is 1.12 bits per heavy atom. The van der Waals surface area contributed by atoms with E-state index in [-0.39, 0.29) is 0 Å². The summed E-state index contributed by atoms with van der Waals surface area (Å²) in [6.45, 7) is 8.97. The van der Waals surface area contributed by atoms with Crippen LogP contribution in [0.25, 0.3) is 0 Å².